The van der Waals surface area contributed by atoms with Crippen molar-refractivity contribution in [1.82, 2.24) is 0 Å². The van der Waals surface area contributed by atoms with Crippen LogP contribution in [-0.2, 0) is 0 Å². The Morgan fingerprint density at radius 2 is 2.00 bits per heavy atom. The number of thioether (sulfide) groups is 1. The van der Waals surface area contributed by atoms with Crippen LogP contribution in [0.15, 0.2) is 52.3 Å². The molecule has 0 unspecified atom stereocenters. The number of allylic oxidation sites excluding steroid dienone is 3. The van der Waals surface area contributed by atoms with Gasteiger partial charge < -0.3 is 0 Å². The minimum Gasteiger partial charge on any atom is -0.0904 e. The second-order valence-corrected chi connectivity index (χ2v) is 4.62. The molecular weight excluding hydrogens is 208 g/mol. The van der Waals surface area contributed by atoms with Crippen LogP contribution in [0.25, 0.3) is 0 Å². The number of hydrogen-bond acceptors (Lipinski definition) is 2. The first-order chi connectivity index (χ1) is 6.84. The second-order valence-electron chi connectivity index (χ2n) is 2.95. The largest absolute Gasteiger partial charge is 0.0904 e. The molecule has 0 aromatic heterocycles. The lowest BCUT2D eigenvalue weighted by Crippen LogP contribution is -1.91. The minimum atomic E-state index is 0.896. The molecule has 0 saturated heterocycles. The lowest BCUT2D eigenvalue weighted by Gasteiger charge is -2.06. The molecule has 1 aromatic carbocycles. The average molecular weight is 217 g/mol. The lowest BCUT2D eigenvalue weighted by molar-refractivity contribution is 1.45. The van der Waals surface area contributed by atoms with Crippen LogP contribution < -0.4 is 0 Å². The Morgan fingerprint density at radius 1 is 1.21 bits per heavy atom. The van der Waals surface area contributed by atoms with Gasteiger partial charge in [-0.15, -0.1) is 0 Å². The standard InChI is InChI=1S/C12H9S2/c13-10-6-8-12(9-7-10)14-11-4-2-1-3-5-11/h2-6,8-9H,7H2. The first-order valence-electron chi connectivity index (χ1n) is 4.39. The van der Waals surface area contributed by atoms with E-state index >= 15 is 0 Å². The zero-order valence-corrected chi connectivity index (χ0v) is 9.20. The predicted molar refractivity (Wildman–Crippen MR) is 65.6 cm³/mol. The zero-order chi connectivity index (χ0) is 9.80. The van der Waals surface area contributed by atoms with Gasteiger partial charge in [-0.05, 0) is 30.4 Å². The van der Waals surface area contributed by atoms with Crippen molar-refractivity contribution in [2.45, 2.75) is 11.3 Å². The minimum absolute atomic E-state index is 0.896. The molecule has 2 heteroatoms. The topological polar surface area (TPSA) is 0 Å². The number of benzene rings is 1. The third-order valence-corrected chi connectivity index (χ3v) is 3.21. The number of rotatable bonds is 2. The highest BCUT2D eigenvalue weighted by molar-refractivity contribution is 8.03. The van der Waals surface area contributed by atoms with Gasteiger partial charge in [-0.1, -0.05) is 42.2 Å². The van der Waals surface area contributed by atoms with Crippen molar-refractivity contribution in [1.29, 1.82) is 0 Å². The van der Waals surface area contributed by atoms with Crippen molar-refractivity contribution in [3.63, 3.8) is 0 Å². The van der Waals surface area contributed by atoms with Crippen LogP contribution >= 0.6 is 24.0 Å². The van der Waals surface area contributed by atoms with Crippen molar-refractivity contribution in [2.24, 2.45) is 0 Å². The van der Waals surface area contributed by atoms with E-state index in [2.05, 4.69) is 30.4 Å². The molecule has 69 valence electrons. The molecule has 0 N–H and O–H groups in total. The molecule has 0 bridgehead atoms. The molecule has 1 aromatic rings. The maximum atomic E-state index is 5.08. The van der Waals surface area contributed by atoms with E-state index in [1.165, 1.54) is 9.80 Å². The van der Waals surface area contributed by atoms with Crippen molar-refractivity contribution in [2.75, 3.05) is 0 Å². The molecule has 14 heavy (non-hydrogen) atoms. The van der Waals surface area contributed by atoms with Crippen molar-refractivity contribution in [3.8, 4) is 0 Å². The Balaban J connectivity index is 2.06. The summed E-state index contributed by atoms with van der Waals surface area (Å²) in [6, 6.07) is 11.0. The van der Waals surface area contributed by atoms with Gasteiger partial charge in [0.1, 0.15) is 0 Å². The van der Waals surface area contributed by atoms with E-state index in [1.807, 2.05) is 18.2 Å². The van der Waals surface area contributed by atoms with Crippen LogP contribution in [0.5, 0.6) is 0 Å². The molecule has 0 amide bonds. The van der Waals surface area contributed by atoms with E-state index in [0.29, 0.717) is 0 Å². The Bertz CT molecular complexity index is 388. The summed E-state index contributed by atoms with van der Waals surface area (Å²) in [6.07, 6.45) is 7.15. The van der Waals surface area contributed by atoms with Gasteiger partial charge in [-0.2, -0.15) is 0 Å². The molecular formula is C12H9S2. The molecule has 0 saturated carbocycles. The summed E-state index contributed by atoms with van der Waals surface area (Å²) in [5, 5.41) is 0. The fourth-order valence-corrected chi connectivity index (χ4v) is 2.16. The number of thiocarbonyl (C=S) groups is 1. The fourth-order valence-electron chi connectivity index (χ4n) is 1.16. The highest BCUT2D eigenvalue weighted by Gasteiger charge is 2.02. The average Bonchev–Trinajstić information content (AvgIpc) is 2.23. The maximum Gasteiger partial charge on any atom is 0.0190 e. The summed E-state index contributed by atoms with van der Waals surface area (Å²) in [6.45, 7) is 0. The third kappa shape index (κ3) is 2.56. The maximum absolute atomic E-state index is 5.08. The highest BCUT2D eigenvalue weighted by atomic mass is 32.2. The molecule has 0 fully saturated rings. The van der Waals surface area contributed by atoms with Gasteiger partial charge in [0, 0.05) is 21.1 Å². The van der Waals surface area contributed by atoms with Gasteiger partial charge in [0.15, 0.2) is 0 Å². The van der Waals surface area contributed by atoms with E-state index in [0.717, 1.165) is 11.3 Å². The second kappa shape index (κ2) is 4.58. The summed E-state index contributed by atoms with van der Waals surface area (Å²) in [7, 11) is 0. The first kappa shape index (κ1) is 9.69. The van der Waals surface area contributed by atoms with Crippen LogP contribution in [0.2, 0.25) is 0 Å². The predicted octanol–water partition coefficient (Wildman–Crippen LogP) is 3.79. The van der Waals surface area contributed by atoms with Gasteiger partial charge in [-0.3, -0.25) is 0 Å². The van der Waals surface area contributed by atoms with E-state index in [1.54, 1.807) is 11.8 Å². The summed E-state index contributed by atoms with van der Waals surface area (Å²) >= 11 is 6.84. The summed E-state index contributed by atoms with van der Waals surface area (Å²) in [5.74, 6) is 0. The molecule has 1 aliphatic carbocycles. The van der Waals surface area contributed by atoms with Crippen LogP contribution in [-0.4, -0.2) is 4.86 Å². The first-order valence-corrected chi connectivity index (χ1v) is 5.62. The van der Waals surface area contributed by atoms with Gasteiger partial charge >= 0.3 is 0 Å². The lowest BCUT2D eigenvalue weighted by atomic mass is 10.2. The summed E-state index contributed by atoms with van der Waals surface area (Å²) < 4.78 is 0. The molecule has 0 nitrogen and oxygen atoms in total. The van der Waals surface area contributed by atoms with Gasteiger partial charge in [0.25, 0.3) is 0 Å². The Labute approximate surface area is 93.7 Å². The van der Waals surface area contributed by atoms with Gasteiger partial charge in [0.2, 0.25) is 0 Å². The Kier molecular flexibility index (Phi) is 3.17. The summed E-state index contributed by atoms with van der Waals surface area (Å²) in [4.78, 5) is 3.52. The molecule has 0 heterocycles. The van der Waals surface area contributed by atoms with E-state index in [9.17, 15) is 0 Å². The fraction of sp³-hybridized carbons (Fsp3) is 0.0833. The number of hydrogen-bond donors (Lipinski definition) is 0. The Hall–Kier alpha value is -0.860. The zero-order valence-electron chi connectivity index (χ0n) is 7.57. The Morgan fingerprint density at radius 3 is 2.64 bits per heavy atom. The normalized spacial score (nSPS) is 15.4. The highest BCUT2D eigenvalue weighted by Crippen LogP contribution is 2.29. The van der Waals surface area contributed by atoms with E-state index in [-0.39, 0.29) is 0 Å². The smallest absolute Gasteiger partial charge is 0.0190 e. The molecule has 0 aliphatic heterocycles. The van der Waals surface area contributed by atoms with E-state index in [4.69, 9.17) is 12.2 Å². The van der Waals surface area contributed by atoms with Crippen LogP contribution in [0.1, 0.15) is 6.42 Å². The molecule has 1 radical (unpaired) electrons. The van der Waals surface area contributed by atoms with Crippen molar-refractivity contribution < 1.29 is 0 Å². The SMILES string of the molecule is S=C1C=CC(Sc2cc[c]cc2)=CC1. The van der Waals surface area contributed by atoms with Crippen LogP contribution in [0.3, 0.4) is 0 Å². The summed E-state index contributed by atoms with van der Waals surface area (Å²) in [5.41, 5.74) is 0. The monoisotopic (exact) mass is 217 g/mol. The van der Waals surface area contributed by atoms with Crippen LogP contribution in [0.4, 0.5) is 0 Å². The van der Waals surface area contributed by atoms with Crippen LogP contribution in [0, 0.1) is 6.07 Å². The van der Waals surface area contributed by atoms with Gasteiger partial charge in [-0.25, -0.2) is 0 Å². The molecule has 2 rings (SSSR count). The van der Waals surface area contributed by atoms with E-state index < -0.39 is 0 Å². The molecule has 0 spiro atoms. The molecule has 1 aliphatic rings. The molecule has 0 atom stereocenters. The van der Waals surface area contributed by atoms with Crippen molar-refractivity contribution in [3.05, 3.63) is 53.5 Å². The van der Waals surface area contributed by atoms with Crippen molar-refractivity contribution >= 4 is 28.8 Å². The van der Waals surface area contributed by atoms with Gasteiger partial charge in [0.05, 0.1) is 0 Å². The third-order valence-electron chi connectivity index (χ3n) is 1.86. The quantitative estimate of drug-likeness (QED) is 0.691.